The Bertz CT molecular complexity index is 523. The second-order valence-electron chi connectivity index (χ2n) is 5.07. The molecule has 0 aliphatic carbocycles. The molecule has 0 bridgehead atoms. The Morgan fingerprint density at radius 1 is 1.48 bits per heavy atom. The lowest BCUT2D eigenvalue weighted by atomic mass is 9.93. The standard InChI is InChI=1S/C15H19NO5/c1-2-21-12-5-3-4-11(8-12)14(19)16-15(9-13(17)18)6-7-20-10-15/h3-5,8H,2,6-7,9-10H2,1H3,(H,16,19)(H,17,18). The maximum atomic E-state index is 12.3. The van der Waals surface area contributed by atoms with Gasteiger partial charge in [0.25, 0.3) is 5.91 Å². The van der Waals surface area contributed by atoms with Gasteiger partial charge in [-0.3, -0.25) is 9.59 Å². The second kappa shape index (κ2) is 6.58. The maximum absolute atomic E-state index is 12.3. The Balaban J connectivity index is 2.11. The number of carboxylic acid groups (broad SMARTS) is 1. The van der Waals surface area contributed by atoms with Crippen molar-refractivity contribution in [1.82, 2.24) is 5.32 Å². The van der Waals surface area contributed by atoms with Gasteiger partial charge in [-0.15, -0.1) is 0 Å². The third-order valence-corrected chi connectivity index (χ3v) is 3.38. The molecular formula is C15H19NO5. The molecule has 0 saturated carbocycles. The molecule has 21 heavy (non-hydrogen) atoms. The number of carbonyl (C=O) groups excluding carboxylic acids is 1. The van der Waals surface area contributed by atoms with Crippen molar-refractivity contribution in [2.75, 3.05) is 19.8 Å². The quantitative estimate of drug-likeness (QED) is 0.829. The summed E-state index contributed by atoms with van der Waals surface area (Å²) in [5.41, 5.74) is -0.387. The molecule has 1 fully saturated rings. The van der Waals surface area contributed by atoms with Crippen LogP contribution in [0.25, 0.3) is 0 Å². The first-order chi connectivity index (χ1) is 10.0. The number of carbonyl (C=O) groups is 2. The second-order valence-corrected chi connectivity index (χ2v) is 5.07. The van der Waals surface area contributed by atoms with Crippen molar-refractivity contribution in [1.29, 1.82) is 0 Å². The van der Waals surface area contributed by atoms with E-state index in [9.17, 15) is 9.59 Å². The highest BCUT2D eigenvalue weighted by molar-refractivity contribution is 5.95. The smallest absolute Gasteiger partial charge is 0.305 e. The van der Waals surface area contributed by atoms with Crippen LogP contribution in [0.1, 0.15) is 30.1 Å². The first-order valence-electron chi connectivity index (χ1n) is 6.89. The SMILES string of the molecule is CCOc1cccc(C(=O)NC2(CC(=O)O)CCOC2)c1. The van der Waals surface area contributed by atoms with E-state index in [0.29, 0.717) is 30.9 Å². The molecule has 1 aromatic carbocycles. The van der Waals surface area contributed by atoms with Crippen molar-refractivity contribution in [2.24, 2.45) is 0 Å². The van der Waals surface area contributed by atoms with Gasteiger partial charge < -0.3 is 19.9 Å². The fourth-order valence-corrected chi connectivity index (χ4v) is 2.39. The number of hydrogen-bond donors (Lipinski definition) is 2. The average molecular weight is 293 g/mol. The predicted octanol–water partition coefficient (Wildman–Crippen LogP) is 1.45. The van der Waals surface area contributed by atoms with Crippen molar-refractivity contribution in [2.45, 2.75) is 25.3 Å². The fourth-order valence-electron chi connectivity index (χ4n) is 2.39. The number of amides is 1. The minimum Gasteiger partial charge on any atom is -0.494 e. The Labute approximate surface area is 123 Å². The zero-order chi connectivity index (χ0) is 15.3. The molecule has 1 unspecified atom stereocenters. The van der Waals surface area contributed by atoms with Gasteiger partial charge in [-0.1, -0.05) is 6.07 Å². The highest BCUT2D eigenvalue weighted by Gasteiger charge is 2.38. The number of nitrogens with one attached hydrogen (secondary N) is 1. The number of benzene rings is 1. The lowest BCUT2D eigenvalue weighted by Gasteiger charge is -2.27. The van der Waals surface area contributed by atoms with Gasteiger partial charge in [-0.25, -0.2) is 0 Å². The Morgan fingerprint density at radius 3 is 2.90 bits per heavy atom. The predicted molar refractivity (Wildman–Crippen MR) is 75.5 cm³/mol. The molecule has 6 heteroatoms. The van der Waals surface area contributed by atoms with Crippen LogP contribution < -0.4 is 10.1 Å². The third-order valence-electron chi connectivity index (χ3n) is 3.38. The summed E-state index contributed by atoms with van der Waals surface area (Å²) in [6.07, 6.45) is 0.347. The number of aliphatic carboxylic acids is 1. The first-order valence-corrected chi connectivity index (χ1v) is 6.89. The van der Waals surface area contributed by atoms with E-state index < -0.39 is 11.5 Å². The summed E-state index contributed by atoms with van der Waals surface area (Å²) >= 11 is 0. The summed E-state index contributed by atoms with van der Waals surface area (Å²) in [7, 11) is 0. The van der Waals surface area contributed by atoms with E-state index in [1.165, 1.54) is 0 Å². The lowest BCUT2D eigenvalue weighted by molar-refractivity contribution is -0.138. The Morgan fingerprint density at radius 2 is 2.29 bits per heavy atom. The molecule has 1 saturated heterocycles. The molecule has 1 aliphatic heterocycles. The number of carboxylic acids is 1. The maximum Gasteiger partial charge on any atom is 0.305 e. The van der Waals surface area contributed by atoms with Crippen LogP contribution in [-0.2, 0) is 9.53 Å². The third kappa shape index (κ3) is 3.95. The normalized spacial score (nSPS) is 21.0. The van der Waals surface area contributed by atoms with Gasteiger partial charge in [0.1, 0.15) is 5.75 Å². The average Bonchev–Trinajstić information content (AvgIpc) is 2.86. The van der Waals surface area contributed by atoms with Crippen LogP contribution in [0.5, 0.6) is 5.75 Å². The molecule has 1 heterocycles. The van der Waals surface area contributed by atoms with E-state index >= 15 is 0 Å². The molecule has 6 nitrogen and oxygen atoms in total. The number of hydrogen-bond acceptors (Lipinski definition) is 4. The molecule has 2 N–H and O–H groups in total. The molecule has 1 aromatic rings. The summed E-state index contributed by atoms with van der Waals surface area (Å²) in [4.78, 5) is 23.3. The van der Waals surface area contributed by atoms with Crippen LogP contribution in [0.2, 0.25) is 0 Å². The largest absolute Gasteiger partial charge is 0.494 e. The highest BCUT2D eigenvalue weighted by atomic mass is 16.5. The first kappa shape index (κ1) is 15.3. The van der Waals surface area contributed by atoms with Gasteiger partial charge in [0.15, 0.2) is 0 Å². The number of ether oxygens (including phenoxy) is 2. The van der Waals surface area contributed by atoms with Crippen molar-refractivity contribution in [3.63, 3.8) is 0 Å². The molecule has 1 atom stereocenters. The van der Waals surface area contributed by atoms with E-state index in [4.69, 9.17) is 14.6 Å². The zero-order valence-electron chi connectivity index (χ0n) is 11.9. The van der Waals surface area contributed by atoms with E-state index in [2.05, 4.69) is 5.32 Å². The summed E-state index contributed by atoms with van der Waals surface area (Å²) in [6, 6.07) is 6.81. The Hall–Kier alpha value is -2.08. The summed E-state index contributed by atoms with van der Waals surface area (Å²) in [5.74, 6) is -0.660. The monoisotopic (exact) mass is 293 g/mol. The van der Waals surface area contributed by atoms with Gasteiger partial charge >= 0.3 is 5.97 Å². The zero-order valence-corrected chi connectivity index (χ0v) is 11.9. The van der Waals surface area contributed by atoms with Gasteiger partial charge in [-0.2, -0.15) is 0 Å². The van der Waals surface area contributed by atoms with Crippen LogP contribution in [-0.4, -0.2) is 42.3 Å². The molecule has 114 valence electrons. The van der Waals surface area contributed by atoms with Crippen molar-refractivity contribution in [3.8, 4) is 5.75 Å². The summed E-state index contributed by atoms with van der Waals surface area (Å²) < 4.78 is 10.6. The Kier molecular flexibility index (Phi) is 4.80. The van der Waals surface area contributed by atoms with Crippen molar-refractivity contribution < 1.29 is 24.2 Å². The van der Waals surface area contributed by atoms with E-state index in [0.717, 1.165) is 0 Å². The van der Waals surface area contributed by atoms with Crippen LogP contribution in [0.4, 0.5) is 0 Å². The van der Waals surface area contributed by atoms with E-state index in [1.807, 2.05) is 6.92 Å². The van der Waals surface area contributed by atoms with E-state index in [-0.39, 0.29) is 18.9 Å². The van der Waals surface area contributed by atoms with Crippen molar-refractivity contribution >= 4 is 11.9 Å². The van der Waals surface area contributed by atoms with Gasteiger partial charge in [0.2, 0.25) is 0 Å². The minimum absolute atomic E-state index is 0.149. The van der Waals surface area contributed by atoms with Gasteiger partial charge in [0.05, 0.1) is 25.2 Å². The number of rotatable bonds is 6. The molecule has 0 spiro atoms. The van der Waals surface area contributed by atoms with Gasteiger partial charge in [-0.05, 0) is 31.5 Å². The molecule has 0 radical (unpaired) electrons. The topological polar surface area (TPSA) is 84.9 Å². The van der Waals surface area contributed by atoms with Crippen LogP contribution in [0.15, 0.2) is 24.3 Å². The van der Waals surface area contributed by atoms with Crippen LogP contribution in [0, 0.1) is 0 Å². The van der Waals surface area contributed by atoms with Crippen LogP contribution >= 0.6 is 0 Å². The van der Waals surface area contributed by atoms with Crippen LogP contribution in [0.3, 0.4) is 0 Å². The minimum atomic E-state index is -0.955. The summed E-state index contributed by atoms with van der Waals surface area (Å²) in [5, 5.41) is 11.8. The molecule has 1 aliphatic rings. The summed E-state index contributed by atoms with van der Waals surface area (Å²) in [6.45, 7) is 3.05. The molecule has 0 aromatic heterocycles. The lowest BCUT2D eigenvalue weighted by Crippen LogP contribution is -2.50. The molecule has 1 amide bonds. The highest BCUT2D eigenvalue weighted by Crippen LogP contribution is 2.24. The van der Waals surface area contributed by atoms with E-state index in [1.54, 1.807) is 24.3 Å². The van der Waals surface area contributed by atoms with Gasteiger partial charge in [0, 0.05) is 12.2 Å². The fraction of sp³-hybridized carbons (Fsp3) is 0.467. The van der Waals surface area contributed by atoms with Crippen molar-refractivity contribution in [3.05, 3.63) is 29.8 Å². The molecular weight excluding hydrogens is 274 g/mol. The molecule has 2 rings (SSSR count).